The lowest BCUT2D eigenvalue weighted by molar-refractivity contribution is 0.988. The second-order valence-corrected chi connectivity index (χ2v) is 4.89. The Kier molecular flexibility index (Phi) is 3.73. The predicted molar refractivity (Wildman–Crippen MR) is 74.1 cm³/mol. The highest BCUT2D eigenvalue weighted by Crippen LogP contribution is 2.29. The van der Waals surface area contributed by atoms with Crippen LogP contribution in [0.25, 0.3) is 0 Å². The molecule has 0 fully saturated rings. The molecule has 0 spiro atoms. The van der Waals surface area contributed by atoms with E-state index in [1.54, 1.807) is 12.1 Å². The van der Waals surface area contributed by atoms with Crippen molar-refractivity contribution in [1.82, 2.24) is 15.0 Å². The number of aromatic nitrogens is 3. The van der Waals surface area contributed by atoms with E-state index in [4.69, 9.17) is 28.8 Å². The van der Waals surface area contributed by atoms with Crippen LogP contribution in [-0.2, 0) is 5.75 Å². The highest BCUT2D eigenvalue weighted by atomic mass is 35.5. The minimum atomic E-state index is 0.113. The van der Waals surface area contributed by atoms with Gasteiger partial charge in [-0.15, -0.1) is 11.8 Å². The number of nitrogens with zero attached hydrogens (tertiary/aromatic N) is 3. The van der Waals surface area contributed by atoms with Crippen molar-refractivity contribution in [3.8, 4) is 0 Å². The standard InChI is InChI=1S/C10H11ClN6S/c11-5-1-2-7(6(12)3-5)18-4-8-15-9(13)17-10(14)16-8/h1-3H,4,12H2,(H4,13,14,15,16,17). The molecular weight excluding hydrogens is 272 g/mol. The van der Waals surface area contributed by atoms with Crippen LogP contribution in [0.3, 0.4) is 0 Å². The largest absolute Gasteiger partial charge is 0.398 e. The molecule has 2 rings (SSSR count). The molecule has 0 saturated heterocycles. The van der Waals surface area contributed by atoms with Crippen molar-refractivity contribution in [1.29, 1.82) is 0 Å². The quantitative estimate of drug-likeness (QED) is 0.578. The van der Waals surface area contributed by atoms with Gasteiger partial charge >= 0.3 is 0 Å². The Balaban J connectivity index is 2.11. The summed E-state index contributed by atoms with van der Waals surface area (Å²) >= 11 is 7.30. The highest BCUT2D eigenvalue weighted by Gasteiger charge is 2.05. The number of anilines is 3. The maximum absolute atomic E-state index is 5.84. The smallest absolute Gasteiger partial charge is 0.225 e. The number of halogens is 1. The van der Waals surface area contributed by atoms with Gasteiger partial charge in [-0.1, -0.05) is 11.6 Å². The molecule has 0 amide bonds. The van der Waals surface area contributed by atoms with Gasteiger partial charge in [0, 0.05) is 15.6 Å². The van der Waals surface area contributed by atoms with E-state index in [2.05, 4.69) is 15.0 Å². The molecule has 0 unspecified atom stereocenters. The summed E-state index contributed by atoms with van der Waals surface area (Å²) in [6.45, 7) is 0. The summed E-state index contributed by atoms with van der Waals surface area (Å²) < 4.78 is 0. The van der Waals surface area contributed by atoms with Crippen LogP contribution in [0.4, 0.5) is 17.6 Å². The van der Waals surface area contributed by atoms with Gasteiger partial charge in [0.25, 0.3) is 0 Å². The van der Waals surface area contributed by atoms with Gasteiger partial charge in [-0.2, -0.15) is 15.0 Å². The second-order valence-electron chi connectivity index (χ2n) is 3.44. The number of hydrogen-bond acceptors (Lipinski definition) is 7. The average molecular weight is 283 g/mol. The van der Waals surface area contributed by atoms with Crippen LogP contribution in [0.1, 0.15) is 5.82 Å². The summed E-state index contributed by atoms with van der Waals surface area (Å²) in [5.41, 5.74) is 17.4. The van der Waals surface area contributed by atoms with E-state index < -0.39 is 0 Å². The van der Waals surface area contributed by atoms with Crippen molar-refractivity contribution in [2.75, 3.05) is 17.2 Å². The fourth-order valence-corrected chi connectivity index (χ4v) is 2.30. The predicted octanol–water partition coefficient (Wildman–Crippen LogP) is 1.56. The molecule has 94 valence electrons. The first-order chi connectivity index (χ1) is 8.54. The Bertz CT molecular complexity index is 556. The Hall–Kier alpha value is -1.73. The summed E-state index contributed by atoms with van der Waals surface area (Å²) in [5.74, 6) is 1.24. The molecule has 1 aromatic carbocycles. The monoisotopic (exact) mass is 282 g/mol. The van der Waals surface area contributed by atoms with Crippen molar-refractivity contribution in [2.45, 2.75) is 10.6 Å². The first kappa shape index (κ1) is 12.7. The number of thioether (sulfide) groups is 1. The molecule has 18 heavy (non-hydrogen) atoms. The maximum Gasteiger partial charge on any atom is 0.225 e. The van der Waals surface area contributed by atoms with Crippen LogP contribution in [0.5, 0.6) is 0 Å². The van der Waals surface area contributed by atoms with Crippen LogP contribution in [0.15, 0.2) is 23.1 Å². The molecule has 2 aromatic rings. The normalized spacial score (nSPS) is 10.5. The number of nitrogens with two attached hydrogens (primary N) is 3. The van der Waals surface area contributed by atoms with Gasteiger partial charge in [-0.05, 0) is 18.2 Å². The molecule has 6 nitrogen and oxygen atoms in total. The van der Waals surface area contributed by atoms with E-state index in [0.717, 1.165) is 4.90 Å². The fraction of sp³-hybridized carbons (Fsp3) is 0.100. The Morgan fingerprint density at radius 2 is 1.72 bits per heavy atom. The molecule has 1 heterocycles. The number of rotatable bonds is 3. The molecule has 0 saturated carbocycles. The molecule has 0 aliphatic carbocycles. The highest BCUT2D eigenvalue weighted by molar-refractivity contribution is 7.98. The zero-order valence-electron chi connectivity index (χ0n) is 9.30. The van der Waals surface area contributed by atoms with E-state index in [9.17, 15) is 0 Å². The maximum atomic E-state index is 5.84. The molecule has 0 atom stereocenters. The first-order valence-electron chi connectivity index (χ1n) is 4.98. The summed E-state index contributed by atoms with van der Waals surface area (Å²) in [7, 11) is 0. The Labute approximate surface area is 113 Å². The van der Waals surface area contributed by atoms with E-state index in [0.29, 0.717) is 22.3 Å². The lowest BCUT2D eigenvalue weighted by Gasteiger charge is -2.05. The first-order valence-corrected chi connectivity index (χ1v) is 6.34. The Morgan fingerprint density at radius 1 is 1.06 bits per heavy atom. The summed E-state index contributed by atoms with van der Waals surface area (Å²) in [4.78, 5) is 12.6. The zero-order chi connectivity index (χ0) is 13.1. The van der Waals surface area contributed by atoms with Crippen molar-refractivity contribution in [2.24, 2.45) is 0 Å². The van der Waals surface area contributed by atoms with Crippen molar-refractivity contribution in [3.05, 3.63) is 29.0 Å². The van der Waals surface area contributed by atoms with Gasteiger partial charge in [-0.25, -0.2) is 0 Å². The minimum absolute atomic E-state index is 0.113. The third kappa shape index (κ3) is 3.14. The summed E-state index contributed by atoms with van der Waals surface area (Å²) in [6.07, 6.45) is 0. The lowest BCUT2D eigenvalue weighted by Crippen LogP contribution is -2.06. The molecule has 1 aromatic heterocycles. The van der Waals surface area contributed by atoms with Crippen LogP contribution in [0.2, 0.25) is 5.02 Å². The van der Waals surface area contributed by atoms with Gasteiger partial charge in [0.2, 0.25) is 11.9 Å². The van der Waals surface area contributed by atoms with Crippen molar-refractivity contribution in [3.63, 3.8) is 0 Å². The van der Waals surface area contributed by atoms with E-state index >= 15 is 0 Å². The lowest BCUT2D eigenvalue weighted by atomic mass is 10.3. The van der Waals surface area contributed by atoms with Gasteiger partial charge in [0.05, 0.1) is 5.75 Å². The molecule has 0 aliphatic heterocycles. The van der Waals surface area contributed by atoms with Crippen molar-refractivity contribution < 1.29 is 0 Å². The number of nitrogen functional groups attached to an aromatic ring is 3. The number of hydrogen-bond donors (Lipinski definition) is 3. The topological polar surface area (TPSA) is 117 Å². The second kappa shape index (κ2) is 5.28. The Morgan fingerprint density at radius 3 is 2.33 bits per heavy atom. The van der Waals surface area contributed by atoms with Crippen LogP contribution >= 0.6 is 23.4 Å². The van der Waals surface area contributed by atoms with Crippen LogP contribution in [0, 0.1) is 0 Å². The van der Waals surface area contributed by atoms with Crippen LogP contribution < -0.4 is 17.2 Å². The minimum Gasteiger partial charge on any atom is -0.398 e. The van der Waals surface area contributed by atoms with Gasteiger partial charge in [-0.3, -0.25) is 0 Å². The fourth-order valence-electron chi connectivity index (χ4n) is 1.31. The molecule has 0 bridgehead atoms. The van der Waals surface area contributed by atoms with Crippen molar-refractivity contribution >= 4 is 40.9 Å². The summed E-state index contributed by atoms with van der Waals surface area (Å²) in [5, 5.41) is 0.602. The summed E-state index contributed by atoms with van der Waals surface area (Å²) in [6, 6.07) is 5.31. The van der Waals surface area contributed by atoms with Gasteiger partial charge < -0.3 is 17.2 Å². The van der Waals surface area contributed by atoms with E-state index in [1.807, 2.05) is 6.07 Å². The SMILES string of the molecule is Nc1nc(N)nc(CSc2ccc(Cl)cc2N)n1. The zero-order valence-corrected chi connectivity index (χ0v) is 10.9. The molecule has 0 radical (unpaired) electrons. The molecular formula is C10H11ClN6S. The molecule has 8 heteroatoms. The third-order valence-electron chi connectivity index (χ3n) is 2.04. The van der Waals surface area contributed by atoms with E-state index in [1.165, 1.54) is 11.8 Å². The number of benzene rings is 1. The van der Waals surface area contributed by atoms with Gasteiger partial charge in [0.1, 0.15) is 5.82 Å². The molecule has 0 aliphatic rings. The van der Waals surface area contributed by atoms with E-state index in [-0.39, 0.29) is 11.9 Å². The van der Waals surface area contributed by atoms with Gasteiger partial charge in [0.15, 0.2) is 0 Å². The average Bonchev–Trinajstić information content (AvgIpc) is 2.26. The third-order valence-corrected chi connectivity index (χ3v) is 3.37. The van der Waals surface area contributed by atoms with Crippen LogP contribution in [-0.4, -0.2) is 15.0 Å². The molecule has 6 N–H and O–H groups in total.